The summed E-state index contributed by atoms with van der Waals surface area (Å²) in [6.07, 6.45) is 0. The van der Waals surface area contributed by atoms with Crippen LogP contribution in [0.3, 0.4) is 0 Å². The number of aromatic nitrogens is 3. The van der Waals surface area contributed by atoms with Crippen LogP contribution >= 0.6 is 0 Å². The van der Waals surface area contributed by atoms with Crippen molar-refractivity contribution in [2.45, 2.75) is 13.8 Å². The van der Waals surface area contributed by atoms with Crippen molar-refractivity contribution in [2.24, 2.45) is 0 Å². The van der Waals surface area contributed by atoms with Crippen LogP contribution in [0.25, 0.3) is 0 Å². The van der Waals surface area contributed by atoms with E-state index in [-0.39, 0.29) is 12.0 Å². The van der Waals surface area contributed by atoms with Crippen molar-refractivity contribution in [3.8, 4) is 6.01 Å². The number of para-hydroxylation sites is 1. The lowest BCUT2D eigenvalue weighted by Gasteiger charge is -2.19. The number of aryl methyl sites for hydroxylation is 2. The lowest BCUT2D eigenvalue weighted by molar-refractivity contribution is 0.240. The van der Waals surface area contributed by atoms with Crippen molar-refractivity contribution < 1.29 is 17.9 Å². The summed E-state index contributed by atoms with van der Waals surface area (Å²) < 4.78 is 32.4. The van der Waals surface area contributed by atoms with E-state index in [1.807, 2.05) is 0 Å². The van der Waals surface area contributed by atoms with Gasteiger partial charge in [-0.3, -0.25) is 10.0 Å². The number of anilines is 2. The quantitative estimate of drug-likeness (QED) is 0.817. The second kappa shape index (κ2) is 7.30. The molecule has 1 aromatic carbocycles. The standard InChI is InChI=1S/C14H18N6O4S/c1-9-7-5-6-8-11(9)19-25(22,23)20(3)14(21)18-12-15-10(2)16-13(17-12)24-4/h5-8,19H,1-4H3,(H,15,16,17,18,21). The van der Waals surface area contributed by atoms with E-state index in [0.717, 1.165) is 12.6 Å². The Balaban J connectivity index is 2.16. The zero-order valence-corrected chi connectivity index (χ0v) is 15.0. The van der Waals surface area contributed by atoms with Gasteiger partial charge in [0.1, 0.15) is 5.82 Å². The van der Waals surface area contributed by atoms with Gasteiger partial charge < -0.3 is 4.74 Å². The number of nitrogens with one attached hydrogen (secondary N) is 2. The molecule has 0 spiro atoms. The van der Waals surface area contributed by atoms with Gasteiger partial charge >= 0.3 is 22.3 Å². The highest BCUT2D eigenvalue weighted by molar-refractivity contribution is 7.90. The zero-order chi connectivity index (χ0) is 18.6. The summed E-state index contributed by atoms with van der Waals surface area (Å²) in [6, 6.07) is 5.88. The fourth-order valence-corrected chi connectivity index (χ4v) is 2.69. The number of ether oxygens (including phenoxy) is 1. The zero-order valence-electron chi connectivity index (χ0n) is 14.1. The predicted molar refractivity (Wildman–Crippen MR) is 91.6 cm³/mol. The molecule has 134 valence electrons. The van der Waals surface area contributed by atoms with Crippen molar-refractivity contribution in [3.05, 3.63) is 35.7 Å². The molecule has 0 fully saturated rings. The van der Waals surface area contributed by atoms with Crippen LogP contribution in [-0.4, -0.2) is 47.9 Å². The highest BCUT2D eigenvalue weighted by Gasteiger charge is 2.24. The van der Waals surface area contributed by atoms with Crippen molar-refractivity contribution in [1.29, 1.82) is 0 Å². The maximum atomic E-state index is 12.3. The molecule has 0 saturated carbocycles. The van der Waals surface area contributed by atoms with Crippen LogP contribution in [0, 0.1) is 13.8 Å². The minimum atomic E-state index is -4.11. The largest absolute Gasteiger partial charge is 0.467 e. The van der Waals surface area contributed by atoms with Crippen LogP contribution in [-0.2, 0) is 10.2 Å². The topological polar surface area (TPSA) is 126 Å². The molecule has 2 amide bonds. The first kappa shape index (κ1) is 18.4. The van der Waals surface area contributed by atoms with E-state index in [9.17, 15) is 13.2 Å². The van der Waals surface area contributed by atoms with Gasteiger partial charge in [0.05, 0.1) is 12.8 Å². The van der Waals surface area contributed by atoms with E-state index in [1.54, 1.807) is 38.1 Å². The summed E-state index contributed by atoms with van der Waals surface area (Å²) in [4.78, 5) is 23.8. The number of urea groups is 1. The number of benzene rings is 1. The number of carbonyl (C=O) groups is 1. The summed E-state index contributed by atoms with van der Waals surface area (Å²) in [5.41, 5.74) is 1.09. The van der Waals surface area contributed by atoms with Crippen LogP contribution in [0.1, 0.15) is 11.4 Å². The Morgan fingerprint density at radius 3 is 2.48 bits per heavy atom. The minimum Gasteiger partial charge on any atom is -0.467 e. The van der Waals surface area contributed by atoms with Crippen molar-refractivity contribution in [1.82, 2.24) is 19.3 Å². The Hall–Kier alpha value is -2.95. The van der Waals surface area contributed by atoms with Crippen LogP contribution in [0.5, 0.6) is 6.01 Å². The Kier molecular flexibility index (Phi) is 5.37. The van der Waals surface area contributed by atoms with Gasteiger partial charge in [0.25, 0.3) is 0 Å². The van der Waals surface area contributed by atoms with Gasteiger partial charge in [0.2, 0.25) is 5.95 Å². The number of hydrogen-bond acceptors (Lipinski definition) is 7. The molecule has 2 aromatic rings. The minimum absolute atomic E-state index is 0.00588. The van der Waals surface area contributed by atoms with E-state index >= 15 is 0 Å². The molecule has 1 aromatic heterocycles. The smallest absolute Gasteiger partial charge is 0.339 e. The molecule has 0 saturated heterocycles. The molecule has 0 atom stereocenters. The van der Waals surface area contributed by atoms with Crippen LogP contribution in [0.4, 0.5) is 16.4 Å². The first-order valence-electron chi connectivity index (χ1n) is 7.13. The van der Waals surface area contributed by atoms with Crippen molar-refractivity contribution in [2.75, 3.05) is 24.2 Å². The van der Waals surface area contributed by atoms with Crippen molar-refractivity contribution >= 4 is 27.9 Å². The first-order chi connectivity index (χ1) is 11.7. The van der Waals surface area contributed by atoms with E-state index in [2.05, 4.69) is 25.0 Å². The highest BCUT2D eigenvalue weighted by atomic mass is 32.2. The number of carbonyl (C=O) groups excluding carboxylic acids is 1. The number of methoxy groups -OCH3 is 1. The van der Waals surface area contributed by atoms with E-state index in [0.29, 0.717) is 15.8 Å². The fourth-order valence-electron chi connectivity index (χ4n) is 1.78. The molecule has 11 heteroatoms. The lowest BCUT2D eigenvalue weighted by Crippen LogP contribution is -2.40. The molecule has 0 aliphatic heterocycles. The second-order valence-electron chi connectivity index (χ2n) is 5.01. The molecule has 0 bridgehead atoms. The molecule has 0 unspecified atom stereocenters. The third kappa shape index (κ3) is 4.53. The van der Waals surface area contributed by atoms with E-state index in [4.69, 9.17) is 4.74 Å². The highest BCUT2D eigenvalue weighted by Crippen LogP contribution is 2.16. The van der Waals surface area contributed by atoms with Gasteiger partial charge in [-0.2, -0.15) is 23.4 Å². The molecule has 0 aliphatic rings. The Bertz CT molecular complexity index is 887. The molecule has 25 heavy (non-hydrogen) atoms. The number of nitrogens with zero attached hydrogens (tertiary/aromatic N) is 4. The number of hydrogen-bond donors (Lipinski definition) is 2. The maximum absolute atomic E-state index is 12.3. The van der Waals surface area contributed by atoms with Gasteiger partial charge in [-0.15, -0.1) is 0 Å². The van der Waals surface area contributed by atoms with Crippen LogP contribution < -0.4 is 14.8 Å². The Labute approximate surface area is 145 Å². The van der Waals surface area contributed by atoms with Gasteiger partial charge in [0.15, 0.2) is 0 Å². The average Bonchev–Trinajstić information content (AvgIpc) is 2.55. The van der Waals surface area contributed by atoms with Crippen LogP contribution in [0.2, 0.25) is 0 Å². The molecule has 0 aliphatic carbocycles. The van der Waals surface area contributed by atoms with Gasteiger partial charge in [-0.1, -0.05) is 18.2 Å². The molecule has 2 rings (SSSR count). The molecule has 0 radical (unpaired) electrons. The summed E-state index contributed by atoms with van der Waals surface area (Å²) in [7, 11) is -1.64. The summed E-state index contributed by atoms with van der Waals surface area (Å²) in [6.45, 7) is 3.33. The first-order valence-corrected chi connectivity index (χ1v) is 8.57. The number of rotatable bonds is 5. The summed E-state index contributed by atoms with van der Waals surface area (Å²) >= 11 is 0. The Morgan fingerprint density at radius 1 is 1.16 bits per heavy atom. The predicted octanol–water partition coefficient (Wildman–Crippen LogP) is 1.32. The SMILES string of the molecule is COc1nc(C)nc(NC(=O)N(C)S(=O)(=O)Nc2ccccc2C)n1. The lowest BCUT2D eigenvalue weighted by atomic mass is 10.2. The van der Waals surface area contributed by atoms with Gasteiger partial charge in [-0.05, 0) is 25.5 Å². The fraction of sp³-hybridized carbons (Fsp3) is 0.286. The Morgan fingerprint density at radius 2 is 1.84 bits per heavy atom. The van der Waals surface area contributed by atoms with E-state index in [1.165, 1.54) is 7.11 Å². The normalized spacial score (nSPS) is 10.9. The molecular weight excluding hydrogens is 348 g/mol. The molecule has 2 N–H and O–H groups in total. The van der Waals surface area contributed by atoms with Gasteiger partial charge in [0, 0.05) is 7.05 Å². The maximum Gasteiger partial charge on any atom is 0.339 e. The van der Waals surface area contributed by atoms with Gasteiger partial charge in [-0.25, -0.2) is 9.10 Å². The summed E-state index contributed by atoms with van der Waals surface area (Å²) in [5.74, 6) is 0.193. The molecule has 1 heterocycles. The molecular formula is C14H18N6O4S. The van der Waals surface area contributed by atoms with Crippen molar-refractivity contribution in [3.63, 3.8) is 0 Å². The average molecular weight is 366 g/mol. The third-order valence-corrected chi connectivity index (χ3v) is 4.52. The monoisotopic (exact) mass is 366 g/mol. The summed E-state index contributed by atoms with van der Waals surface area (Å²) in [5, 5.41) is 2.29. The number of amides is 2. The van der Waals surface area contributed by atoms with Crippen LogP contribution in [0.15, 0.2) is 24.3 Å². The second-order valence-corrected chi connectivity index (χ2v) is 6.71. The third-order valence-electron chi connectivity index (χ3n) is 3.16. The molecule has 10 nitrogen and oxygen atoms in total. The van der Waals surface area contributed by atoms with E-state index < -0.39 is 16.2 Å².